The SMILES string of the molecule is NC(CN(C(=O)c1cc(F)cc(Br)c1)C1CCCC1)=NO. The third kappa shape index (κ3) is 3.93. The summed E-state index contributed by atoms with van der Waals surface area (Å²) >= 11 is 3.18. The van der Waals surface area contributed by atoms with Crippen LogP contribution in [-0.2, 0) is 0 Å². The van der Waals surface area contributed by atoms with Gasteiger partial charge in [0.2, 0.25) is 0 Å². The molecule has 7 heteroatoms. The molecule has 1 aliphatic rings. The lowest BCUT2D eigenvalue weighted by atomic mass is 10.1. The maximum absolute atomic E-state index is 13.5. The Balaban J connectivity index is 2.28. The number of nitrogens with two attached hydrogens (primary N) is 1. The molecule has 0 heterocycles. The van der Waals surface area contributed by atoms with E-state index in [1.54, 1.807) is 11.0 Å². The maximum atomic E-state index is 13.5. The smallest absolute Gasteiger partial charge is 0.254 e. The summed E-state index contributed by atoms with van der Waals surface area (Å²) in [5, 5.41) is 11.7. The third-order valence-corrected chi connectivity index (χ3v) is 4.05. The Bertz CT molecular complexity index is 539. The van der Waals surface area contributed by atoms with Gasteiger partial charge >= 0.3 is 0 Å². The first-order chi connectivity index (χ1) is 10.0. The number of carbonyl (C=O) groups is 1. The van der Waals surface area contributed by atoms with Crippen molar-refractivity contribution in [2.75, 3.05) is 6.54 Å². The maximum Gasteiger partial charge on any atom is 0.254 e. The van der Waals surface area contributed by atoms with Gasteiger partial charge < -0.3 is 15.8 Å². The van der Waals surface area contributed by atoms with Gasteiger partial charge in [-0.3, -0.25) is 4.79 Å². The molecule has 1 amide bonds. The Kier molecular flexibility index (Phi) is 5.17. The highest BCUT2D eigenvalue weighted by Crippen LogP contribution is 2.25. The first-order valence-electron chi connectivity index (χ1n) is 6.74. The van der Waals surface area contributed by atoms with Crippen molar-refractivity contribution < 1.29 is 14.4 Å². The van der Waals surface area contributed by atoms with Crippen LogP contribution in [0.4, 0.5) is 4.39 Å². The second-order valence-corrected chi connectivity index (χ2v) is 6.04. The highest BCUT2D eigenvalue weighted by Gasteiger charge is 2.28. The van der Waals surface area contributed by atoms with Gasteiger partial charge in [-0.25, -0.2) is 4.39 Å². The van der Waals surface area contributed by atoms with Crippen molar-refractivity contribution in [3.8, 4) is 0 Å². The monoisotopic (exact) mass is 357 g/mol. The van der Waals surface area contributed by atoms with E-state index < -0.39 is 5.82 Å². The van der Waals surface area contributed by atoms with Gasteiger partial charge in [0.25, 0.3) is 5.91 Å². The van der Waals surface area contributed by atoms with Gasteiger partial charge in [-0.2, -0.15) is 0 Å². The normalized spacial score (nSPS) is 16.2. The van der Waals surface area contributed by atoms with Gasteiger partial charge in [-0.05, 0) is 31.0 Å². The van der Waals surface area contributed by atoms with Gasteiger partial charge in [-0.1, -0.05) is 33.9 Å². The second-order valence-electron chi connectivity index (χ2n) is 5.12. The molecule has 1 fully saturated rings. The fourth-order valence-corrected chi connectivity index (χ4v) is 3.10. The second kappa shape index (κ2) is 6.89. The van der Waals surface area contributed by atoms with Gasteiger partial charge in [0.05, 0.1) is 6.54 Å². The molecular weight excluding hydrogens is 341 g/mol. The van der Waals surface area contributed by atoms with Crippen LogP contribution in [-0.4, -0.2) is 34.4 Å². The van der Waals surface area contributed by atoms with Crippen LogP contribution in [0.2, 0.25) is 0 Å². The van der Waals surface area contributed by atoms with Crippen LogP contribution < -0.4 is 5.73 Å². The summed E-state index contributed by atoms with van der Waals surface area (Å²) in [6.45, 7) is 0.0358. The summed E-state index contributed by atoms with van der Waals surface area (Å²) in [4.78, 5) is 14.2. The minimum absolute atomic E-state index is 0.0358. The molecule has 0 saturated heterocycles. The van der Waals surface area contributed by atoms with Crippen molar-refractivity contribution in [1.29, 1.82) is 0 Å². The Morgan fingerprint density at radius 2 is 2.10 bits per heavy atom. The molecule has 1 aliphatic carbocycles. The van der Waals surface area contributed by atoms with Gasteiger partial charge in [-0.15, -0.1) is 0 Å². The lowest BCUT2D eigenvalue weighted by Crippen LogP contribution is -2.44. The summed E-state index contributed by atoms with van der Waals surface area (Å²) in [7, 11) is 0. The largest absolute Gasteiger partial charge is 0.409 e. The van der Waals surface area contributed by atoms with E-state index in [-0.39, 0.29) is 29.9 Å². The van der Waals surface area contributed by atoms with Crippen LogP contribution in [0.5, 0.6) is 0 Å². The van der Waals surface area contributed by atoms with Crippen molar-refractivity contribution in [3.05, 3.63) is 34.1 Å². The van der Waals surface area contributed by atoms with Crippen molar-refractivity contribution in [3.63, 3.8) is 0 Å². The Hall–Kier alpha value is -1.63. The number of benzene rings is 1. The summed E-state index contributed by atoms with van der Waals surface area (Å²) in [5.41, 5.74) is 5.79. The van der Waals surface area contributed by atoms with Crippen LogP contribution in [0.3, 0.4) is 0 Å². The number of hydrogen-bond donors (Lipinski definition) is 2. The minimum Gasteiger partial charge on any atom is -0.409 e. The number of amides is 1. The van der Waals surface area contributed by atoms with Crippen LogP contribution in [0.25, 0.3) is 0 Å². The molecule has 1 saturated carbocycles. The number of rotatable bonds is 4. The lowest BCUT2D eigenvalue weighted by molar-refractivity contribution is 0.0711. The number of amidine groups is 1. The van der Waals surface area contributed by atoms with Crippen LogP contribution >= 0.6 is 15.9 Å². The molecule has 114 valence electrons. The third-order valence-electron chi connectivity index (χ3n) is 3.60. The zero-order valence-corrected chi connectivity index (χ0v) is 13.0. The van der Waals surface area contributed by atoms with Crippen LogP contribution in [0, 0.1) is 5.82 Å². The summed E-state index contributed by atoms with van der Waals surface area (Å²) in [5.74, 6) is -0.831. The zero-order valence-electron chi connectivity index (χ0n) is 11.4. The van der Waals surface area contributed by atoms with Crippen molar-refractivity contribution in [2.24, 2.45) is 10.9 Å². The molecule has 0 aromatic heterocycles. The Labute approximate surface area is 130 Å². The Morgan fingerprint density at radius 1 is 1.43 bits per heavy atom. The first kappa shape index (κ1) is 15.8. The molecule has 0 spiro atoms. The van der Waals surface area contributed by atoms with Crippen molar-refractivity contribution in [2.45, 2.75) is 31.7 Å². The quantitative estimate of drug-likeness (QED) is 0.376. The molecular formula is C14H17BrFN3O2. The molecule has 0 aliphatic heterocycles. The zero-order chi connectivity index (χ0) is 15.4. The van der Waals surface area contributed by atoms with Gasteiger partial charge in [0.15, 0.2) is 5.84 Å². The predicted octanol–water partition coefficient (Wildman–Crippen LogP) is 2.72. The number of hydrogen-bond acceptors (Lipinski definition) is 3. The van der Waals surface area contributed by atoms with E-state index >= 15 is 0 Å². The van der Waals surface area contributed by atoms with Crippen molar-refractivity contribution in [1.82, 2.24) is 4.90 Å². The van der Waals surface area contributed by atoms with E-state index in [2.05, 4.69) is 21.1 Å². The van der Waals surface area contributed by atoms with E-state index in [9.17, 15) is 9.18 Å². The van der Waals surface area contributed by atoms with Gasteiger partial charge in [0.1, 0.15) is 5.82 Å². The molecule has 21 heavy (non-hydrogen) atoms. The average Bonchev–Trinajstić information content (AvgIpc) is 2.96. The molecule has 2 rings (SSSR count). The molecule has 0 bridgehead atoms. The minimum atomic E-state index is -0.483. The number of oxime groups is 1. The van der Waals surface area contributed by atoms with E-state index in [4.69, 9.17) is 10.9 Å². The fraction of sp³-hybridized carbons (Fsp3) is 0.429. The first-order valence-corrected chi connectivity index (χ1v) is 7.54. The number of carbonyl (C=O) groups excluding carboxylic acids is 1. The van der Waals surface area contributed by atoms with Gasteiger partial charge in [0, 0.05) is 16.1 Å². The predicted molar refractivity (Wildman–Crippen MR) is 80.8 cm³/mol. The van der Waals surface area contributed by atoms with E-state index in [1.807, 2.05) is 0 Å². The molecule has 1 aromatic rings. The molecule has 1 aromatic carbocycles. The molecule has 0 atom stereocenters. The van der Waals surface area contributed by atoms with E-state index in [0.29, 0.717) is 4.47 Å². The Morgan fingerprint density at radius 3 is 2.67 bits per heavy atom. The van der Waals surface area contributed by atoms with E-state index in [0.717, 1.165) is 25.7 Å². The molecule has 3 N–H and O–H groups in total. The summed E-state index contributed by atoms with van der Waals surface area (Å²) in [6, 6.07) is 4.10. The summed E-state index contributed by atoms with van der Waals surface area (Å²) in [6.07, 6.45) is 3.83. The standard InChI is InChI=1S/C14H17BrFN3O2/c15-10-5-9(6-11(16)7-10)14(20)19(8-13(17)18-21)12-3-1-2-4-12/h5-7,12,21H,1-4,8H2,(H2,17,18). The van der Waals surface area contributed by atoms with Crippen LogP contribution in [0.15, 0.2) is 27.8 Å². The fourth-order valence-electron chi connectivity index (χ4n) is 2.63. The number of nitrogens with zero attached hydrogens (tertiary/aromatic N) is 2. The average molecular weight is 358 g/mol. The summed E-state index contributed by atoms with van der Waals surface area (Å²) < 4.78 is 14.0. The molecule has 5 nitrogen and oxygen atoms in total. The highest BCUT2D eigenvalue weighted by molar-refractivity contribution is 9.10. The highest BCUT2D eigenvalue weighted by atomic mass is 79.9. The van der Waals surface area contributed by atoms with Crippen LogP contribution in [0.1, 0.15) is 36.0 Å². The van der Waals surface area contributed by atoms with Crippen molar-refractivity contribution >= 4 is 27.7 Å². The molecule has 0 unspecified atom stereocenters. The number of halogens is 2. The molecule has 0 radical (unpaired) electrons. The topological polar surface area (TPSA) is 78.9 Å². The lowest BCUT2D eigenvalue weighted by Gasteiger charge is -2.28. The van der Waals surface area contributed by atoms with E-state index in [1.165, 1.54) is 12.1 Å².